The largest absolute Gasteiger partial charge is 0.454 e. The Bertz CT molecular complexity index is 424. The van der Waals surface area contributed by atoms with Crippen LogP contribution in [0.1, 0.15) is 46.5 Å². The lowest BCUT2D eigenvalue weighted by atomic mass is 9.94. The van der Waals surface area contributed by atoms with Gasteiger partial charge in [-0.15, -0.1) is 0 Å². The zero-order valence-corrected chi connectivity index (χ0v) is 10.9. The molecule has 92 valence electrons. The van der Waals surface area contributed by atoms with Gasteiger partial charge in [-0.2, -0.15) is 0 Å². The number of rotatable bonds is 0. The minimum Gasteiger partial charge on any atom is -0.454 e. The van der Waals surface area contributed by atoms with E-state index in [1.165, 1.54) is 16.7 Å². The van der Waals surface area contributed by atoms with Crippen LogP contribution < -0.4 is 0 Å². The molecule has 0 radical (unpaired) electrons. The number of fused-ring (bicyclic) bond motifs is 1. The maximum atomic E-state index is 11.6. The van der Waals surface area contributed by atoms with Crippen LogP contribution in [0.4, 0.5) is 0 Å². The van der Waals surface area contributed by atoms with Gasteiger partial charge in [-0.3, -0.25) is 0 Å². The van der Waals surface area contributed by atoms with Crippen molar-refractivity contribution in [2.45, 2.75) is 52.6 Å². The molecule has 2 aliphatic rings. The number of hydrogen-bond donors (Lipinski definition) is 0. The quantitative estimate of drug-likeness (QED) is 0.470. The molecule has 0 spiro atoms. The molecule has 1 unspecified atom stereocenters. The molecule has 0 aromatic rings. The average molecular weight is 232 g/mol. The molecule has 1 aliphatic heterocycles. The summed E-state index contributed by atoms with van der Waals surface area (Å²) in [5, 5.41) is 0. The first-order valence-corrected chi connectivity index (χ1v) is 6.30. The van der Waals surface area contributed by atoms with E-state index in [-0.39, 0.29) is 12.1 Å². The van der Waals surface area contributed by atoms with Crippen LogP contribution in [0.3, 0.4) is 0 Å². The second kappa shape index (κ2) is 4.91. The second-order valence-corrected chi connectivity index (χ2v) is 5.09. The van der Waals surface area contributed by atoms with Gasteiger partial charge in [0.25, 0.3) is 0 Å². The predicted molar refractivity (Wildman–Crippen MR) is 68.6 cm³/mol. The van der Waals surface area contributed by atoms with Gasteiger partial charge in [0.1, 0.15) is 6.10 Å². The predicted octanol–water partition coefficient (Wildman–Crippen LogP) is 3.69. The Morgan fingerprint density at radius 1 is 1.18 bits per heavy atom. The van der Waals surface area contributed by atoms with Crippen LogP contribution in [0.5, 0.6) is 0 Å². The Hall–Kier alpha value is -1.31. The Labute approximate surface area is 103 Å². The van der Waals surface area contributed by atoms with E-state index in [1.54, 1.807) is 0 Å². The lowest BCUT2D eigenvalue weighted by Gasteiger charge is -2.15. The van der Waals surface area contributed by atoms with Crippen molar-refractivity contribution < 1.29 is 9.53 Å². The number of esters is 1. The average Bonchev–Trinajstić information content (AvgIpc) is 2.52. The van der Waals surface area contributed by atoms with Crippen molar-refractivity contribution in [1.82, 2.24) is 0 Å². The molecule has 0 saturated heterocycles. The van der Waals surface area contributed by atoms with E-state index < -0.39 is 0 Å². The van der Waals surface area contributed by atoms with E-state index in [2.05, 4.69) is 26.0 Å². The lowest BCUT2D eigenvalue weighted by Crippen LogP contribution is -2.12. The molecule has 0 amide bonds. The number of hydrogen-bond acceptors (Lipinski definition) is 2. The zero-order chi connectivity index (χ0) is 12.4. The third-order valence-corrected chi connectivity index (χ3v) is 3.64. The summed E-state index contributed by atoms with van der Waals surface area (Å²) in [6.07, 6.45) is 8.40. The fourth-order valence-electron chi connectivity index (χ4n) is 2.42. The summed E-state index contributed by atoms with van der Waals surface area (Å²) >= 11 is 0. The molecule has 1 heterocycles. The van der Waals surface area contributed by atoms with E-state index in [0.717, 1.165) is 31.3 Å². The van der Waals surface area contributed by atoms with Crippen molar-refractivity contribution in [2.75, 3.05) is 0 Å². The van der Waals surface area contributed by atoms with Crippen LogP contribution in [0, 0.1) is 0 Å². The molecule has 0 fully saturated rings. The summed E-state index contributed by atoms with van der Waals surface area (Å²) in [4.78, 5) is 11.6. The van der Waals surface area contributed by atoms with Crippen LogP contribution in [0.15, 0.2) is 34.4 Å². The van der Waals surface area contributed by atoms with Crippen molar-refractivity contribution in [3.8, 4) is 0 Å². The molecule has 0 N–H and O–H groups in total. The molecule has 1 atom stereocenters. The first-order chi connectivity index (χ1) is 8.08. The van der Waals surface area contributed by atoms with Gasteiger partial charge in [0.2, 0.25) is 0 Å². The first kappa shape index (κ1) is 12.2. The summed E-state index contributed by atoms with van der Waals surface area (Å²) in [6.45, 7) is 6.17. The van der Waals surface area contributed by atoms with Crippen molar-refractivity contribution in [2.24, 2.45) is 0 Å². The molecule has 2 rings (SSSR count). The number of ether oxygens (including phenoxy) is 1. The molecule has 2 heteroatoms. The fourth-order valence-corrected chi connectivity index (χ4v) is 2.42. The highest BCUT2D eigenvalue weighted by atomic mass is 16.5. The maximum absolute atomic E-state index is 11.6. The van der Waals surface area contributed by atoms with Crippen LogP contribution in [0.2, 0.25) is 0 Å². The first-order valence-electron chi connectivity index (χ1n) is 6.30. The Balaban J connectivity index is 2.30. The molecular weight excluding hydrogens is 212 g/mol. The van der Waals surface area contributed by atoms with Gasteiger partial charge in [-0.25, -0.2) is 4.79 Å². The Morgan fingerprint density at radius 2 is 1.94 bits per heavy atom. The molecule has 0 bridgehead atoms. The monoisotopic (exact) mass is 232 g/mol. The van der Waals surface area contributed by atoms with Crippen LogP contribution >= 0.6 is 0 Å². The second-order valence-electron chi connectivity index (χ2n) is 5.09. The third-order valence-electron chi connectivity index (χ3n) is 3.64. The van der Waals surface area contributed by atoms with Crippen LogP contribution in [-0.4, -0.2) is 12.1 Å². The van der Waals surface area contributed by atoms with Crippen molar-refractivity contribution in [3.63, 3.8) is 0 Å². The number of carbonyl (C=O) groups excluding carboxylic acids is 1. The topological polar surface area (TPSA) is 26.3 Å². The van der Waals surface area contributed by atoms with Gasteiger partial charge in [0.05, 0.1) is 0 Å². The summed E-state index contributed by atoms with van der Waals surface area (Å²) in [7, 11) is 0. The maximum Gasteiger partial charge on any atom is 0.334 e. The van der Waals surface area contributed by atoms with E-state index in [1.807, 2.05) is 6.92 Å². The normalized spacial score (nSPS) is 26.1. The van der Waals surface area contributed by atoms with Gasteiger partial charge in [0, 0.05) is 12.0 Å². The van der Waals surface area contributed by atoms with E-state index in [9.17, 15) is 4.79 Å². The van der Waals surface area contributed by atoms with Gasteiger partial charge < -0.3 is 4.74 Å². The summed E-state index contributed by atoms with van der Waals surface area (Å²) in [6, 6.07) is 0. The summed E-state index contributed by atoms with van der Waals surface area (Å²) in [5.41, 5.74) is 4.70. The highest BCUT2D eigenvalue weighted by Gasteiger charge is 2.30. The highest BCUT2D eigenvalue weighted by molar-refractivity contribution is 5.91. The van der Waals surface area contributed by atoms with E-state index >= 15 is 0 Å². The third kappa shape index (κ3) is 2.68. The highest BCUT2D eigenvalue weighted by Crippen LogP contribution is 2.31. The minimum absolute atomic E-state index is 0.0269. The summed E-state index contributed by atoms with van der Waals surface area (Å²) < 4.78 is 5.43. The minimum atomic E-state index is -0.136. The molecule has 0 saturated carbocycles. The molecule has 0 aromatic heterocycles. The van der Waals surface area contributed by atoms with Gasteiger partial charge in [0.15, 0.2) is 0 Å². The molecular formula is C15H20O2. The van der Waals surface area contributed by atoms with E-state index in [4.69, 9.17) is 4.74 Å². The Morgan fingerprint density at radius 3 is 2.71 bits per heavy atom. The van der Waals surface area contributed by atoms with Gasteiger partial charge >= 0.3 is 5.97 Å². The SMILES string of the molecule is CC1=CCC2=C(C)C(=O)OC2CC(C)=CCC1. The van der Waals surface area contributed by atoms with Gasteiger partial charge in [-0.05, 0) is 45.6 Å². The van der Waals surface area contributed by atoms with Crippen LogP contribution in [-0.2, 0) is 9.53 Å². The van der Waals surface area contributed by atoms with Crippen molar-refractivity contribution in [1.29, 1.82) is 0 Å². The van der Waals surface area contributed by atoms with Gasteiger partial charge in [-0.1, -0.05) is 23.3 Å². The smallest absolute Gasteiger partial charge is 0.334 e. The van der Waals surface area contributed by atoms with Crippen molar-refractivity contribution >= 4 is 5.97 Å². The molecule has 0 aromatic carbocycles. The zero-order valence-electron chi connectivity index (χ0n) is 10.9. The molecule has 1 aliphatic carbocycles. The number of carbonyl (C=O) groups is 1. The fraction of sp³-hybridized carbons (Fsp3) is 0.533. The summed E-state index contributed by atoms with van der Waals surface area (Å²) in [5.74, 6) is -0.136. The molecule has 2 nitrogen and oxygen atoms in total. The van der Waals surface area contributed by atoms with Crippen LogP contribution in [0.25, 0.3) is 0 Å². The number of allylic oxidation sites excluding steroid dienone is 3. The lowest BCUT2D eigenvalue weighted by molar-refractivity contribution is -0.139. The Kier molecular flexibility index (Phi) is 3.51. The molecule has 17 heavy (non-hydrogen) atoms. The van der Waals surface area contributed by atoms with Crippen molar-refractivity contribution in [3.05, 3.63) is 34.4 Å². The standard InChI is InChI=1S/C15H20O2/c1-10-5-4-6-11(2)9-14-13(8-7-10)12(3)15(16)17-14/h6-7,14H,4-5,8-9H2,1-3H3. The van der Waals surface area contributed by atoms with E-state index in [0.29, 0.717) is 0 Å².